The van der Waals surface area contributed by atoms with Crippen molar-refractivity contribution in [1.29, 1.82) is 0 Å². The van der Waals surface area contributed by atoms with Gasteiger partial charge < -0.3 is 10.2 Å². The van der Waals surface area contributed by atoms with E-state index in [1.807, 2.05) is 91.8 Å². The van der Waals surface area contributed by atoms with Gasteiger partial charge in [0.1, 0.15) is 0 Å². The smallest absolute Gasteiger partial charge is 0.271 e. The van der Waals surface area contributed by atoms with Crippen LogP contribution in [0.25, 0.3) is 6.08 Å². The fourth-order valence-electron chi connectivity index (χ4n) is 4.31. The lowest BCUT2D eigenvalue weighted by Crippen LogP contribution is -2.40. The molecule has 1 aromatic heterocycles. The van der Waals surface area contributed by atoms with Gasteiger partial charge in [0, 0.05) is 30.5 Å². The summed E-state index contributed by atoms with van der Waals surface area (Å²) in [7, 11) is 3.97. The van der Waals surface area contributed by atoms with Gasteiger partial charge in [-0.25, -0.2) is 4.99 Å². The van der Waals surface area contributed by atoms with E-state index in [0.29, 0.717) is 31.3 Å². The molecule has 1 atom stereocenters. The largest absolute Gasteiger partial charge is 0.378 e. The number of allylic oxidation sites excluding steroid dienone is 1. The Morgan fingerprint density at radius 1 is 1.03 bits per heavy atom. The molecule has 5 rings (SSSR count). The summed E-state index contributed by atoms with van der Waals surface area (Å²) in [5, 5.41) is 3.53. The number of rotatable bonds is 5. The first kappa shape index (κ1) is 24.7. The summed E-state index contributed by atoms with van der Waals surface area (Å²) in [6.45, 7) is 1.81. The van der Waals surface area contributed by atoms with Gasteiger partial charge >= 0.3 is 0 Å². The number of hydrogen-bond acceptors (Lipinski definition) is 5. The fourth-order valence-corrected chi connectivity index (χ4v) is 5.48. The number of carbonyl (C=O) groups is 1. The number of para-hydroxylation sites is 1. The first-order valence-electron chi connectivity index (χ1n) is 11.7. The highest BCUT2D eigenvalue weighted by Crippen LogP contribution is 2.31. The van der Waals surface area contributed by atoms with Crippen LogP contribution in [-0.4, -0.2) is 24.6 Å². The normalized spacial score (nSPS) is 15.2. The maximum atomic E-state index is 13.8. The van der Waals surface area contributed by atoms with Gasteiger partial charge in [-0.2, -0.15) is 0 Å². The summed E-state index contributed by atoms with van der Waals surface area (Å²) < 4.78 is 2.16. The SMILES string of the molecule is CC1=C(C(=O)Nc2ccccc2)[C@H](c2ccc(Cl)cc2)n2c(s/c(=C/c3ccc(N(C)C)cc3)c2=O)=N1. The summed E-state index contributed by atoms with van der Waals surface area (Å²) in [5.74, 6) is -0.305. The lowest BCUT2D eigenvalue weighted by atomic mass is 9.95. The first-order valence-corrected chi connectivity index (χ1v) is 12.9. The molecular formula is C29H25ClN4O2S. The molecule has 2 heterocycles. The molecule has 37 heavy (non-hydrogen) atoms. The van der Waals surface area contributed by atoms with Crippen LogP contribution < -0.4 is 25.1 Å². The molecule has 0 spiro atoms. The number of benzene rings is 3. The summed E-state index contributed by atoms with van der Waals surface area (Å²) in [5.41, 5.74) is 4.22. The van der Waals surface area contributed by atoms with Crippen molar-refractivity contribution in [2.45, 2.75) is 13.0 Å². The van der Waals surface area contributed by atoms with E-state index in [9.17, 15) is 9.59 Å². The second-order valence-electron chi connectivity index (χ2n) is 8.94. The van der Waals surface area contributed by atoms with Crippen molar-refractivity contribution in [3.8, 4) is 0 Å². The van der Waals surface area contributed by atoms with Gasteiger partial charge in [-0.05, 0) is 60.5 Å². The van der Waals surface area contributed by atoms with E-state index in [2.05, 4.69) is 5.32 Å². The van der Waals surface area contributed by atoms with E-state index in [1.165, 1.54) is 11.3 Å². The second kappa shape index (κ2) is 10.2. The molecule has 0 saturated heterocycles. The number of amides is 1. The lowest BCUT2D eigenvalue weighted by Gasteiger charge is -2.25. The molecule has 1 N–H and O–H groups in total. The van der Waals surface area contributed by atoms with Crippen LogP contribution in [0, 0.1) is 0 Å². The van der Waals surface area contributed by atoms with Crippen molar-refractivity contribution in [2.75, 3.05) is 24.3 Å². The van der Waals surface area contributed by atoms with Crippen LogP contribution in [0.5, 0.6) is 0 Å². The van der Waals surface area contributed by atoms with Gasteiger partial charge in [-0.1, -0.05) is 65.4 Å². The number of thiazole rings is 1. The molecule has 1 amide bonds. The Morgan fingerprint density at radius 3 is 2.35 bits per heavy atom. The minimum atomic E-state index is -0.643. The topological polar surface area (TPSA) is 66.7 Å². The quantitative estimate of drug-likeness (QED) is 0.412. The van der Waals surface area contributed by atoms with Gasteiger partial charge in [0.05, 0.1) is 21.8 Å². The zero-order valence-electron chi connectivity index (χ0n) is 20.6. The molecule has 0 saturated carbocycles. The molecule has 4 aromatic rings. The van der Waals surface area contributed by atoms with Crippen LogP contribution in [0.15, 0.2) is 99.9 Å². The third kappa shape index (κ3) is 5.01. The number of nitrogens with zero attached hydrogens (tertiary/aromatic N) is 3. The molecule has 6 nitrogen and oxygen atoms in total. The van der Waals surface area contributed by atoms with Gasteiger partial charge in [0.2, 0.25) is 0 Å². The Hall–Kier alpha value is -3.94. The highest BCUT2D eigenvalue weighted by molar-refractivity contribution is 7.07. The molecule has 0 unspecified atom stereocenters. The van der Waals surface area contributed by atoms with Crippen LogP contribution in [0.4, 0.5) is 11.4 Å². The summed E-state index contributed by atoms with van der Waals surface area (Å²) >= 11 is 7.47. The molecule has 0 aliphatic carbocycles. The Balaban J connectivity index is 1.64. The van der Waals surface area contributed by atoms with E-state index in [4.69, 9.17) is 16.6 Å². The minimum absolute atomic E-state index is 0.196. The number of anilines is 2. The van der Waals surface area contributed by atoms with E-state index in [1.54, 1.807) is 23.6 Å². The Labute approximate surface area is 223 Å². The number of nitrogens with one attached hydrogen (secondary N) is 1. The molecule has 3 aromatic carbocycles. The van der Waals surface area contributed by atoms with E-state index in [0.717, 1.165) is 16.8 Å². The van der Waals surface area contributed by atoms with Crippen LogP contribution in [0.3, 0.4) is 0 Å². The molecule has 0 fully saturated rings. The highest BCUT2D eigenvalue weighted by Gasteiger charge is 2.32. The van der Waals surface area contributed by atoms with E-state index < -0.39 is 6.04 Å². The maximum Gasteiger partial charge on any atom is 0.271 e. The zero-order chi connectivity index (χ0) is 26.1. The van der Waals surface area contributed by atoms with Gasteiger partial charge in [-0.15, -0.1) is 0 Å². The molecule has 1 aliphatic heterocycles. The third-order valence-electron chi connectivity index (χ3n) is 6.19. The number of hydrogen-bond donors (Lipinski definition) is 1. The third-order valence-corrected chi connectivity index (χ3v) is 7.43. The Bertz CT molecular complexity index is 1670. The van der Waals surface area contributed by atoms with Crippen LogP contribution in [0.1, 0.15) is 24.1 Å². The first-order chi connectivity index (χ1) is 17.8. The van der Waals surface area contributed by atoms with Crippen LogP contribution in [-0.2, 0) is 4.79 Å². The predicted octanol–water partition coefficient (Wildman–Crippen LogP) is 4.59. The van der Waals surface area contributed by atoms with Gasteiger partial charge in [-0.3, -0.25) is 14.2 Å². The molecular weight excluding hydrogens is 504 g/mol. The van der Waals surface area contributed by atoms with Gasteiger partial charge in [0.15, 0.2) is 4.80 Å². The molecule has 8 heteroatoms. The number of fused-ring (bicyclic) bond motifs is 1. The maximum absolute atomic E-state index is 13.8. The number of halogens is 1. The Kier molecular flexibility index (Phi) is 6.82. The standard InChI is InChI=1S/C29H25ClN4O2S/c1-18-25(27(35)32-22-7-5-4-6-8-22)26(20-11-13-21(30)14-12-20)34-28(36)24(37-29(34)31-18)17-19-9-15-23(16-10-19)33(2)3/h4-17,26H,1-3H3,(H,32,35)/b24-17+/t26-/m0/s1. The molecule has 0 bridgehead atoms. The van der Waals surface area contributed by atoms with Crippen molar-refractivity contribution in [3.63, 3.8) is 0 Å². The van der Waals surface area contributed by atoms with Crippen molar-refractivity contribution in [1.82, 2.24) is 4.57 Å². The average Bonchev–Trinajstić information content (AvgIpc) is 3.18. The minimum Gasteiger partial charge on any atom is -0.378 e. The van der Waals surface area contributed by atoms with Crippen molar-refractivity contribution >= 4 is 46.3 Å². The van der Waals surface area contributed by atoms with E-state index in [-0.39, 0.29) is 11.5 Å². The summed E-state index contributed by atoms with van der Waals surface area (Å²) in [4.78, 5) is 34.6. The monoisotopic (exact) mass is 528 g/mol. The van der Waals surface area contributed by atoms with Crippen molar-refractivity contribution in [3.05, 3.63) is 126 Å². The highest BCUT2D eigenvalue weighted by atomic mass is 35.5. The fraction of sp³-hybridized carbons (Fsp3) is 0.138. The van der Waals surface area contributed by atoms with E-state index >= 15 is 0 Å². The molecule has 1 aliphatic rings. The van der Waals surface area contributed by atoms with Gasteiger partial charge in [0.25, 0.3) is 11.5 Å². The second-order valence-corrected chi connectivity index (χ2v) is 10.4. The lowest BCUT2D eigenvalue weighted by molar-refractivity contribution is -0.113. The van der Waals surface area contributed by atoms with Crippen LogP contribution >= 0.6 is 22.9 Å². The average molecular weight is 529 g/mol. The Morgan fingerprint density at radius 2 is 1.70 bits per heavy atom. The summed E-state index contributed by atoms with van der Waals surface area (Å²) in [6, 6.07) is 23.8. The predicted molar refractivity (Wildman–Crippen MR) is 151 cm³/mol. The number of carbonyl (C=O) groups excluding carboxylic acids is 1. The molecule has 186 valence electrons. The van der Waals surface area contributed by atoms with Crippen molar-refractivity contribution in [2.24, 2.45) is 4.99 Å². The van der Waals surface area contributed by atoms with Crippen molar-refractivity contribution < 1.29 is 4.79 Å². The molecule has 0 radical (unpaired) electrons. The summed E-state index contributed by atoms with van der Waals surface area (Å²) in [6.07, 6.45) is 1.87. The van der Waals surface area contributed by atoms with Crippen LogP contribution in [0.2, 0.25) is 5.02 Å². The zero-order valence-corrected chi connectivity index (χ0v) is 22.2. The number of aromatic nitrogens is 1.